The van der Waals surface area contributed by atoms with E-state index in [0.717, 1.165) is 5.56 Å². The molecule has 1 rings (SSSR count). The second-order valence-electron chi connectivity index (χ2n) is 6.49. The van der Waals surface area contributed by atoms with Gasteiger partial charge >= 0.3 is 0 Å². The molecular weight excluding hydrogens is 236 g/mol. The third-order valence-corrected chi connectivity index (χ3v) is 3.36. The minimum absolute atomic E-state index is 0.123. The maximum Gasteiger partial charge on any atom is 0.168 e. The molecule has 2 heteroatoms. The van der Waals surface area contributed by atoms with Gasteiger partial charge in [-0.25, -0.2) is 0 Å². The van der Waals surface area contributed by atoms with Crippen LogP contribution in [-0.4, -0.2) is 18.0 Å². The Morgan fingerprint density at radius 2 is 1.58 bits per heavy atom. The van der Waals surface area contributed by atoms with E-state index in [0.29, 0.717) is 13.0 Å². The molecule has 2 nitrogen and oxygen atoms in total. The highest BCUT2D eigenvalue weighted by molar-refractivity contribution is 5.88. The summed E-state index contributed by atoms with van der Waals surface area (Å²) in [6.45, 7) is 12.7. The average Bonchev–Trinajstić information content (AvgIpc) is 2.28. The molecule has 19 heavy (non-hydrogen) atoms. The summed E-state index contributed by atoms with van der Waals surface area (Å²) in [7, 11) is 0. The van der Waals surface area contributed by atoms with Crippen molar-refractivity contribution >= 4 is 5.78 Å². The Labute approximate surface area is 117 Å². The van der Waals surface area contributed by atoms with Crippen LogP contribution in [0.2, 0.25) is 0 Å². The lowest BCUT2D eigenvalue weighted by atomic mass is 9.86. The van der Waals surface area contributed by atoms with Gasteiger partial charge in [0.25, 0.3) is 0 Å². The van der Waals surface area contributed by atoms with E-state index in [1.807, 2.05) is 32.9 Å². The molecule has 0 bridgehead atoms. The molecule has 106 valence electrons. The predicted molar refractivity (Wildman–Crippen MR) is 79.6 cm³/mol. The van der Waals surface area contributed by atoms with Crippen molar-refractivity contribution < 1.29 is 9.53 Å². The maximum atomic E-state index is 12.2. The van der Waals surface area contributed by atoms with E-state index in [-0.39, 0.29) is 11.2 Å². The van der Waals surface area contributed by atoms with Crippen LogP contribution in [0.4, 0.5) is 0 Å². The molecule has 0 atom stereocenters. The molecule has 0 radical (unpaired) electrons. The van der Waals surface area contributed by atoms with Crippen molar-refractivity contribution in [2.24, 2.45) is 0 Å². The van der Waals surface area contributed by atoms with Gasteiger partial charge < -0.3 is 4.74 Å². The summed E-state index contributed by atoms with van der Waals surface area (Å²) >= 11 is 0. The van der Waals surface area contributed by atoms with E-state index < -0.39 is 5.60 Å². The number of rotatable bonds is 5. The smallest absolute Gasteiger partial charge is 0.168 e. The molecule has 0 amide bonds. The highest BCUT2D eigenvalue weighted by Gasteiger charge is 2.27. The Bertz CT molecular complexity index is 422. The second-order valence-corrected chi connectivity index (χ2v) is 6.49. The van der Waals surface area contributed by atoms with Crippen LogP contribution in [0.3, 0.4) is 0 Å². The SMILES string of the molecule is CCOC(C)(C)C(=O)Cc1ccc(C(C)(C)C)cc1. The molecule has 0 saturated heterocycles. The van der Waals surface area contributed by atoms with E-state index in [1.54, 1.807) is 0 Å². The van der Waals surface area contributed by atoms with Crippen molar-refractivity contribution in [3.05, 3.63) is 35.4 Å². The number of carbonyl (C=O) groups is 1. The first kappa shape index (κ1) is 15.9. The van der Waals surface area contributed by atoms with E-state index in [4.69, 9.17) is 4.74 Å². The second kappa shape index (κ2) is 5.87. The summed E-state index contributed by atoms with van der Waals surface area (Å²) in [5.74, 6) is 0.123. The first-order valence-corrected chi connectivity index (χ1v) is 6.93. The molecule has 1 aromatic rings. The lowest BCUT2D eigenvalue weighted by molar-refractivity contribution is -0.139. The standard InChI is InChI=1S/C17H26O2/c1-7-19-17(5,6)15(18)12-13-8-10-14(11-9-13)16(2,3)4/h8-11H,7,12H2,1-6H3. The van der Waals surface area contributed by atoms with Crippen LogP contribution in [0.5, 0.6) is 0 Å². The summed E-state index contributed by atoms with van der Waals surface area (Å²) in [4.78, 5) is 12.2. The Morgan fingerprint density at radius 3 is 2.00 bits per heavy atom. The lowest BCUT2D eigenvalue weighted by Crippen LogP contribution is -2.36. The van der Waals surface area contributed by atoms with Crippen LogP contribution in [-0.2, 0) is 21.4 Å². The quantitative estimate of drug-likeness (QED) is 0.804. The zero-order valence-corrected chi connectivity index (χ0v) is 13.0. The zero-order chi connectivity index (χ0) is 14.7. The molecule has 0 unspecified atom stereocenters. The number of ketones is 1. The molecule has 0 spiro atoms. The van der Waals surface area contributed by atoms with Crippen molar-refractivity contribution in [3.63, 3.8) is 0 Å². The largest absolute Gasteiger partial charge is 0.368 e. The third-order valence-electron chi connectivity index (χ3n) is 3.36. The first-order valence-electron chi connectivity index (χ1n) is 6.93. The summed E-state index contributed by atoms with van der Waals surface area (Å²) in [5, 5.41) is 0. The number of hydrogen-bond donors (Lipinski definition) is 0. The fourth-order valence-corrected chi connectivity index (χ4v) is 1.96. The van der Waals surface area contributed by atoms with Crippen molar-refractivity contribution in [2.75, 3.05) is 6.61 Å². The van der Waals surface area contributed by atoms with Crippen LogP contribution in [0.25, 0.3) is 0 Å². The number of Topliss-reactive ketones (excluding diaryl/α,β-unsaturated/α-hetero) is 1. The Balaban J connectivity index is 2.76. The van der Waals surface area contributed by atoms with Crippen LogP contribution in [0.15, 0.2) is 24.3 Å². The minimum Gasteiger partial charge on any atom is -0.368 e. The highest BCUT2D eigenvalue weighted by Crippen LogP contribution is 2.23. The van der Waals surface area contributed by atoms with Gasteiger partial charge in [-0.05, 0) is 37.3 Å². The van der Waals surface area contributed by atoms with E-state index in [9.17, 15) is 4.79 Å². The average molecular weight is 262 g/mol. The van der Waals surface area contributed by atoms with Crippen molar-refractivity contribution in [3.8, 4) is 0 Å². The summed E-state index contributed by atoms with van der Waals surface area (Å²) in [6, 6.07) is 8.30. The van der Waals surface area contributed by atoms with Gasteiger partial charge in [-0.15, -0.1) is 0 Å². The lowest BCUT2D eigenvalue weighted by Gasteiger charge is -2.23. The van der Waals surface area contributed by atoms with Gasteiger partial charge in [0.05, 0.1) is 0 Å². The van der Waals surface area contributed by atoms with E-state index in [2.05, 4.69) is 32.9 Å². The van der Waals surface area contributed by atoms with Crippen LogP contribution in [0, 0.1) is 0 Å². The monoisotopic (exact) mass is 262 g/mol. The molecule has 0 saturated carbocycles. The molecule has 0 heterocycles. The van der Waals surface area contributed by atoms with Gasteiger partial charge in [-0.3, -0.25) is 4.79 Å². The van der Waals surface area contributed by atoms with Gasteiger partial charge in [-0.1, -0.05) is 45.0 Å². The normalized spacial score (nSPS) is 12.5. The molecule has 0 aliphatic rings. The van der Waals surface area contributed by atoms with Crippen molar-refractivity contribution in [1.29, 1.82) is 0 Å². The first-order chi connectivity index (χ1) is 8.66. The molecular formula is C17H26O2. The van der Waals surface area contributed by atoms with Crippen LogP contribution < -0.4 is 0 Å². The molecule has 1 aromatic carbocycles. The van der Waals surface area contributed by atoms with Gasteiger partial charge in [0.2, 0.25) is 0 Å². The van der Waals surface area contributed by atoms with Gasteiger partial charge in [-0.2, -0.15) is 0 Å². The molecule has 0 aliphatic heterocycles. The highest BCUT2D eigenvalue weighted by atomic mass is 16.5. The Hall–Kier alpha value is -1.15. The zero-order valence-electron chi connectivity index (χ0n) is 13.0. The molecule has 0 aliphatic carbocycles. The summed E-state index contributed by atoms with van der Waals surface area (Å²) in [5.41, 5.74) is 1.78. The van der Waals surface area contributed by atoms with E-state index >= 15 is 0 Å². The topological polar surface area (TPSA) is 26.3 Å². The van der Waals surface area contributed by atoms with Crippen molar-refractivity contribution in [1.82, 2.24) is 0 Å². The number of carbonyl (C=O) groups excluding carboxylic acids is 1. The van der Waals surface area contributed by atoms with Crippen LogP contribution >= 0.6 is 0 Å². The number of benzene rings is 1. The fraction of sp³-hybridized carbons (Fsp3) is 0.588. The Kier molecular flexibility index (Phi) is 4.92. The summed E-state index contributed by atoms with van der Waals surface area (Å²) in [6.07, 6.45) is 0.428. The minimum atomic E-state index is -0.697. The maximum absolute atomic E-state index is 12.2. The third kappa shape index (κ3) is 4.46. The number of ether oxygens (including phenoxy) is 1. The fourth-order valence-electron chi connectivity index (χ4n) is 1.96. The molecule has 0 N–H and O–H groups in total. The van der Waals surface area contributed by atoms with Gasteiger partial charge in [0, 0.05) is 13.0 Å². The Morgan fingerprint density at radius 1 is 1.05 bits per heavy atom. The summed E-state index contributed by atoms with van der Waals surface area (Å²) < 4.78 is 5.49. The van der Waals surface area contributed by atoms with Gasteiger partial charge in [0.1, 0.15) is 5.60 Å². The molecule has 0 aromatic heterocycles. The van der Waals surface area contributed by atoms with Gasteiger partial charge in [0.15, 0.2) is 5.78 Å². The van der Waals surface area contributed by atoms with E-state index in [1.165, 1.54) is 5.56 Å². The van der Waals surface area contributed by atoms with Crippen molar-refractivity contribution in [2.45, 2.75) is 59.0 Å². The molecule has 0 fully saturated rings. The predicted octanol–water partition coefficient (Wildman–Crippen LogP) is 3.91. The number of hydrogen-bond acceptors (Lipinski definition) is 2. The van der Waals surface area contributed by atoms with Crippen LogP contribution in [0.1, 0.15) is 52.7 Å².